The minimum atomic E-state index is -0.765. The van der Waals surface area contributed by atoms with Gasteiger partial charge in [-0.15, -0.1) is 0 Å². The highest BCUT2D eigenvalue weighted by Crippen LogP contribution is 2.41. The Hall–Kier alpha value is -4.06. The van der Waals surface area contributed by atoms with Gasteiger partial charge < -0.3 is 4.42 Å². The van der Waals surface area contributed by atoms with Crippen LogP contribution >= 0.6 is 0 Å². The normalized spacial score (nSPS) is 15.5. The van der Waals surface area contributed by atoms with Crippen LogP contribution in [0.2, 0.25) is 0 Å². The smallest absolute Gasteiger partial charge is 0.295 e. The Labute approximate surface area is 201 Å². The Bertz CT molecular complexity index is 1540. The van der Waals surface area contributed by atoms with Crippen molar-refractivity contribution in [3.8, 4) is 0 Å². The van der Waals surface area contributed by atoms with E-state index in [0.29, 0.717) is 11.3 Å². The van der Waals surface area contributed by atoms with Crippen molar-refractivity contribution in [2.24, 2.45) is 0 Å². The number of hydrogen-bond donors (Lipinski definition) is 0. The van der Waals surface area contributed by atoms with Crippen molar-refractivity contribution in [2.45, 2.75) is 39.2 Å². The number of benzene rings is 3. The fourth-order valence-corrected chi connectivity index (χ4v) is 4.55. The van der Waals surface area contributed by atoms with Gasteiger partial charge in [0.1, 0.15) is 11.4 Å². The summed E-state index contributed by atoms with van der Waals surface area (Å²) in [6.07, 6.45) is 0. The van der Waals surface area contributed by atoms with Crippen LogP contribution in [-0.2, 0) is 5.41 Å². The first-order valence-electron chi connectivity index (χ1n) is 11.4. The highest BCUT2D eigenvalue weighted by atomic mass is 19.1. The zero-order chi connectivity index (χ0) is 25.1. The van der Waals surface area contributed by atoms with Crippen molar-refractivity contribution in [1.29, 1.82) is 0 Å². The molecule has 1 aromatic heterocycles. The first-order chi connectivity index (χ1) is 16.6. The number of carbonyl (C=O) groups excluding carboxylic acids is 2. The van der Waals surface area contributed by atoms with Crippen molar-refractivity contribution in [3.05, 3.63) is 111 Å². The molecule has 0 saturated carbocycles. The number of amides is 1. The SMILES string of the molecule is CC(=O)c1ccc(N2C(=O)c3oc4ccc(F)cc4c(=O)c3C2c2ccc(C(C)(C)C)cc2)cc1. The molecule has 0 aliphatic carbocycles. The monoisotopic (exact) mass is 469 g/mol. The molecule has 3 aromatic carbocycles. The molecule has 1 aliphatic rings. The molecule has 1 atom stereocenters. The maximum absolute atomic E-state index is 14.0. The van der Waals surface area contributed by atoms with E-state index in [0.717, 1.165) is 17.2 Å². The summed E-state index contributed by atoms with van der Waals surface area (Å²) in [5.41, 5.74) is 2.68. The number of hydrogen-bond acceptors (Lipinski definition) is 4. The third-order valence-electron chi connectivity index (χ3n) is 6.48. The zero-order valence-corrected chi connectivity index (χ0v) is 19.9. The van der Waals surface area contributed by atoms with E-state index in [1.54, 1.807) is 24.3 Å². The average molecular weight is 470 g/mol. The molecule has 1 aliphatic heterocycles. The van der Waals surface area contributed by atoms with Crippen molar-refractivity contribution >= 4 is 28.3 Å². The van der Waals surface area contributed by atoms with Gasteiger partial charge in [0.15, 0.2) is 11.2 Å². The fraction of sp³-hybridized carbons (Fsp3) is 0.207. The number of fused-ring (bicyclic) bond motifs is 2. The Morgan fingerprint density at radius 2 is 1.60 bits per heavy atom. The van der Waals surface area contributed by atoms with Gasteiger partial charge in [-0.25, -0.2) is 4.39 Å². The number of halogens is 1. The van der Waals surface area contributed by atoms with Crippen LogP contribution in [0.4, 0.5) is 10.1 Å². The summed E-state index contributed by atoms with van der Waals surface area (Å²) in [5, 5.41) is 0.0849. The maximum atomic E-state index is 14.0. The van der Waals surface area contributed by atoms with Gasteiger partial charge in [-0.3, -0.25) is 19.3 Å². The van der Waals surface area contributed by atoms with Crippen LogP contribution in [0.15, 0.2) is 75.9 Å². The molecule has 6 heteroatoms. The van der Waals surface area contributed by atoms with E-state index in [9.17, 15) is 18.8 Å². The van der Waals surface area contributed by atoms with E-state index in [2.05, 4.69) is 20.8 Å². The quantitative estimate of drug-likeness (QED) is 0.336. The lowest BCUT2D eigenvalue weighted by molar-refractivity contribution is 0.0970. The van der Waals surface area contributed by atoms with E-state index < -0.39 is 23.2 Å². The van der Waals surface area contributed by atoms with Gasteiger partial charge in [0.05, 0.1) is 17.0 Å². The van der Waals surface area contributed by atoms with Crippen LogP contribution in [0.1, 0.15) is 71.3 Å². The standard InChI is InChI=1S/C29H24FNO4/c1-16(32)17-7-12-21(13-8-17)31-25(18-5-9-19(10-6-18)29(2,3)4)24-26(33)22-15-20(30)11-14-23(22)35-27(24)28(31)34/h5-15,25H,1-4H3. The second kappa shape index (κ2) is 8.01. The zero-order valence-electron chi connectivity index (χ0n) is 19.9. The molecule has 5 nitrogen and oxygen atoms in total. The Morgan fingerprint density at radius 1 is 0.943 bits per heavy atom. The topological polar surface area (TPSA) is 67.6 Å². The third kappa shape index (κ3) is 3.75. The van der Waals surface area contributed by atoms with Crippen molar-refractivity contribution in [2.75, 3.05) is 4.90 Å². The molecule has 1 amide bonds. The molecule has 0 radical (unpaired) electrons. The first-order valence-corrected chi connectivity index (χ1v) is 11.4. The third-order valence-corrected chi connectivity index (χ3v) is 6.48. The van der Waals surface area contributed by atoms with Crippen LogP contribution in [0, 0.1) is 5.82 Å². The number of rotatable bonds is 3. The lowest BCUT2D eigenvalue weighted by atomic mass is 9.86. The van der Waals surface area contributed by atoms with Gasteiger partial charge >= 0.3 is 0 Å². The minimum absolute atomic E-state index is 0.0605. The lowest BCUT2D eigenvalue weighted by Gasteiger charge is -2.26. The van der Waals surface area contributed by atoms with Gasteiger partial charge in [0, 0.05) is 11.3 Å². The molecule has 1 unspecified atom stereocenters. The fourth-order valence-electron chi connectivity index (χ4n) is 4.55. The number of ketones is 1. The van der Waals surface area contributed by atoms with Gasteiger partial charge in [0.25, 0.3) is 5.91 Å². The molecule has 176 valence electrons. The number of anilines is 1. The van der Waals surface area contributed by atoms with Gasteiger partial charge in [-0.1, -0.05) is 45.0 Å². The average Bonchev–Trinajstić information content (AvgIpc) is 3.11. The Balaban J connectivity index is 1.75. The van der Waals surface area contributed by atoms with E-state index in [4.69, 9.17) is 4.42 Å². The highest BCUT2D eigenvalue weighted by molar-refractivity contribution is 6.11. The molecule has 4 aromatic rings. The van der Waals surface area contributed by atoms with Crippen molar-refractivity contribution in [3.63, 3.8) is 0 Å². The largest absolute Gasteiger partial charge is 0.450 e. The number of Topliss-reactive ketones (excluding diaryl/α,β-unsaturated/α-hetero) is 1. The van der Waals surface area contributed by atoms with E-state index >= 15 is 0 Å². The molecule has 35 heavy (non-hydrogen) atoms. The van der Waals surface area contributed by atoms with Gasteiger partial charge in [-0.2, -0.15) is 0 Å². The minimum Gasteiger partial charge on any atom is -0.450 e. The molecular weight excluding hydrogens is 445 g/mol. The lowest BCUT2D eigenvalue weighted by Crippen LogP contribution is -2.29. The summed E-state index contributed by atoms with van der Waals surface area (Å²) in [7, 11) is 0. The molecule has 5 rings (SSSR count). The predicted molar refractivity (Wildman–Crippen MR) is 133 cm³/mol. The van der Waals surface area contributed by atoms with E-state index in [1.807, 2.05) is 24.3 Å². The first kappa shape index (κ1) is 22.7. The Kier molecular flexibility index (Phi) is 5.20. The van der Waals surface area contributed by atoms with Gasteiger partial charge in [0.2, 0.25) is 5.76 Å². The second-order valence-electron chi connectivity index (χ2n) is 9.87. The van der Waals surface area contributed by atoms with Crippen molar-refractivity contribution < 1.29 is 18.4 Å². The van der Waals surface area contributed by atoms with Crippen LogP contribution in [0.25, 0.3) is 11.0 Å². The summed E-state index contributed by atoms with van der Waals surface area (Å²) in [6, 6.07) is 17.4. The summed E-state index contributed by atoms with van der Waals surface area (Å²) in [5.74, 6) is -1.18. The Morgan fingerprint density at radius 3 is 2.20 bits per heavy atom. The molecule has 2 heterocycles. The van der Waals surface area contributed by atoms with Crippen LogP contribution in [-0.4, -0.2) is 11.7 Å². The van der Waals surface area contributed by atoms with Gasteiger partial charge in [-0.05, 0) is 65.9 Å². The summed E-state index contributed by atoms with van der Waals surface area (Å²) >= 11 is 0. The second-order valence-corrected chi connectivity index (χ2v) is 9.87. The highest BCUT2D eigenvalue weighted by Gasteiger charge is 2.43. The number of carbonyl (C=O) groups is 2. The summed E-state index contributed by atoms with van der Waals surface area (Å²) in [6.45, 7) is 7.79. The molecular formula is C29H24FNO4. The number of nitrogens with zero attached hydrogens (tertiary/aromatic N) is 1. The molecule has 0 bridgehead atoms. The molecule has 0 fully saturated rings. The molecule has 0 saturated heterocycles. The van der Waals surface area contributed by atoms with E-state index in [1.165, 1.54) is 24.0 Å². The summed E-state index contributed by atoms with van der Waals surface area (Å²) < 4.78 is 19.9. The molecule has 0 spiro atoms. The van der Waals surface area contributed by atoms with Crippen LogP contribution in [0.5, 0.6) is 0 Å². The summed E-state index contributed by atoms with van der Waals surface area (Å²) in [4.78, 5) is 40.5. The van der Waals surface area contributed by atoms with Crippen LogP contribution < -0.4 is 10.3 Å². The maximum Gasteiger partial charge on any atom is 0.295 e. The molecule has 0 N–H and O–H groups in total. The predicted octanol–water partition coefficient (Wildman–Crippen LogP) is 6.18. The van der Waals surface area contributed by atoms with Crippen molar-refractivity contribution in [1.82, 2.24) is 0 Å². The van der Waals surface area contributed by atoms with Crippen LogP contribution in [0.3, 0.4) is 0 Å². The van der Waals surface area contributed by atoms with E-state index in [-0.39, 0.29) is 33.5 Å².